The van der Waals surface area contributed by atoms with Crippen molar-refractivity contribution in [1.82, 2.24) is 0 Å². The number of aliphatic hydroxyl groups is 1. The van der Waals surface area contributed by atoms with E-state index in [0.29, 0.717) is 0 Å². The fraction of sp³-hybridized carbons (Fsp3) is 0.182. The third kappa shape index (κ3) is 4.83. The molecule has 0 saturated heterocycles. The number of alkyl halides is 3. The molecule has 28 heavy (non-hydrogen) atoms. The summed E-state index contributed by atoms with van der Waals surface area (Å²) in [6.45, 7) is 0. The van der Waals surface area contributed by atoms with E-state index in [-0.39, 0.29) is 29.6 Å². The van der Waals surface area contributed by atoms with Crippen LogP contribution in [0.4, 0.5) is 13.2 Å². The van der Waals surface area contributed by atoms with Crippen molar-refractivity contribution in [1.29, 1.82) is 0 Å². The molecule has 1 N–H and O–H groups in total. The monoisotopic (exact) mass is 468 g/mol. The number of hydrogen-bond donors (Lipinski definition) is 1. The minimum atomic E-state index is -4.61. The highest BCUT2D eigenvalue weighted by molar-refractivity contribution is 7.95. The highest BCUT2D eigenvalue weighted by Gasteiger charge is 2.48. The summed E-state index contributed by atoms with van der Waals surface area (Å²) in [6, 6.07) is 29.1. The summed E-state index contributed by atoms with van der Waals surface area (Å²) < 4.78 is 39.0. The first-order chi connectivity index (χ1) is 12.9. The molecule has 3 aromatic rings. The van der Waals surface area contributed by atoms with E-state index in [9.17, 15) is 18.3 Å². The van der Waals surface area contributed by atoms with Crippen LogP contribution in [0.1, 0.15) is 6.42 Å². The maximum atomic E-state index is 13.0. The predicted molar refractivity (Wildman–Crippen MR) is 107 cm³/mol. The lowest BCUT2D eigenvalue weighted by Gasteiger charge is -2.28. The lowest BCUT2D eigenvalue weighted by Crippen LogP contribution is -3.00. The Morgan fingerprint density at radius 1 is 0.679 bits per heavy atom. The van der Waals surface area contributed by atoms with E-state index in [2.05, 4.69) is 0 Å². The molecule has 148 valence electrons. The molecule has 0 aliphatic rings. The Bertz CT molecular complexity index is 745. The molecular formula is C22H21BrF3OP. The molecule has 3 rings (SSSR count). The van der Waals surface area contributed by atoms with Crippen LogP contribution in [-0.2, 0) is 0 Å². The van der Waals surface area contributed by atoms with Crippen molar-refractivity contribution < 1.29 is 35.3 Å². The zero-order valence-electron chi connectivity index (χ0n) is 15.1. The van der Waals surface area contributed by atoms with Crippen molar-refractivity contribution in [2.45, 2.75) is 18.7 Å². The van der Waals surface area contributed by atoms with E-state index in [1.807, 2.05) is 91.0 Å². The van der Waals surface area contributed by atoms with E-state index in [0.717, 1.165) is 15.9 Å². The highest BCUT2D eigenvalue weighted by Crippen LogP contribution is 2.56. The van der Waals surface area contributed by atoms with E-state index in [4.69, 9.17) is 0 Å². The van der Waals surface area contributed by atoms with Crippen molar-refractivity contribution in [3.63, 3.8) is 0 Å². The van der Waals surface area contributed by atoms with Crippen LogP contribution in [0.5, 0.6) is 0 Å². The fourth-order valence-electron chi connectivity index (χ4n) is 3.36. The maximum Gasteiger partial charge on any atom is 0.414 e. The van der Waals surface area contributed by atoms with Gasteiger partial charge in [0, 0.05) is 6.42 Å². The molecule has 1 nitrogen and oxygen atoms in total. The van der Waals surface area contributed by atoms with Crippen LogP contribution in [0, 0.1) is 0 Å². The van der Waals surface area contributed by atoms with Crippen LogP contribution >= 0.6 is 7.26 Å². The SMILES string of the molecule is OC(CC[P+](c1ccccc1)(c1ccccc1)c1ccccc1)C(F)(F)F.[Br-]. The molecule has 0 aromatic heterocycles. The smallest absolute Gasteiger partial charge is 0.414 e. The quantitative estimate of drug-likeness (QED) is 0.540. The van der Waals surface area contributed by atoms with Gasteiger partial charge in [0.1, 0.15) is 23.2 Å². The average Bonchev–Trinajstić information content (AvgIpc) is 2.70. The second-order valence-corrected chi connectivity index (χ2v) is 10.0. The normalized spacial score (nSPS) is 12.9. The Morgan fingerprint density at radius 3 is 1.29 bits per heavy atom. The first-order valence-electron chi connectivity index (χ1n) is 8.74. The zero-order chi connectivity index (χ0) is 19.3. The van der Waals surface area contributed by atoms with Gasteiger partial charge in [-0.05, 0) is 36.4 Å². The standard InChI is InChI=1S/C22H21F3OP.BrH/c23-22(24,25)21(26)16-17-27(18-10-4-1-5-11-18,19-12-6-2-7-13-19)20-14-8-3-9-15-20;/h1-15,21,26H,16-17H2;1H/q+1;/p-1. The fourth-order valence-corrected chi connectivity index (χ4v) is 7.71. The summed E-state index contributed by atoms with van der Waals surface area (Å²) in [5.41, 5.74) is 0. The van der Waals surface area contributed by atoms with E-state index < -0.39 is 19.5 Å². The van der Waals surface area contributed by atoms with Crippen molar-refractivity contribution in [3.05, 3.63) is 91.0 Å². The van der Waals surface area contributed by atoms with Gasteiger partial charge >= 0.3 is 6.18 Å². The molecule has 0 aliphatic carbocycles. The van der Waals surface area contributed by atoms with Gasteiger partial charge in [-0.15, -0.1) is 0 Å². The Hall–Kier alpha value is -1.68. The molecule has 6 heteroatoms. The van der Waals surface area contributed by atoms with Gasteiger partial charge in [-0.2, -0.15) is 13.2 Å². The average molecular weight is 469 g/mol. The zero-order valence-corrected chi connectivity index (χ0v) is 17.5. The largest absolute Gasteiger partial charge is 1.00 e. The third-order valence-corrected chi connectivity index (χ3v) is 9.17. The maximum absolute atomic E-state index is 13.0. The van der Waals surface area contributed by atoms with Crippen LogP contribution in [0.3, 0.4) is 0 Å². The van der Waals surface area contributed by atoms with E-state index in [1.165, 1.54) is 0 Å². The molecule has 0 fully saturated rings. The topological polar surface area (TPSA) is 20.2 Å². The molecule has 0 heterocycles. The second-order valence-electron chi connectivity index (χ2n) is 6.39. The molecule has 1 unspecified atom stereocenters. The first-order valence-corrected chi connectivity index (χ1v) is 10.7. The summed E-state index contributed by atoms with van der Waals surface area (Å²) >= 11 is 0. The molecular weight excluding hydrogens is 448 g/mol. The van der Waals surface area contributed by atoms with Gasteiger partial charge in [0.05, 0.1) is 6.16 Å². The Kier molecular flexibility index (Phi) is 7.82. The molecule has 0 radical (unpaired) electrons. The summed E-state index contributed by atoms with van der Waals surface area (Å²) in [7, 11) is -2.34. The van der Waals surface area contributed by atoms with Gasteiger partial charge in [0.15, 0.2) is 6.10 Å². The van der Waals surface area contributed by atoms with Crippen LogP contribution in [0.2, 0.25) is 0 Å². The van der Waals surface area contributed by atoms with Gasteiger partial charge in [0.2, 0.25) is 0 Å². The van der Waals surface area contributed by atoms with Gasteiger partial charge < -0.3 is 22.1 Å². The van der Waals surface area contributed by atoms with Gasteiger partial charge in [-0.3, -0.25) is 0 Å². The summed E-state index contributed by atoms with van der Waals surface area (Å²) in [5, 5.41) is 12.7. The summed E-state index contributed by atoms with van der Waals surface area (Å²) in [4.78, 5) is 0. The third-order valence-electron chi connectivity index (χ3n) is 4.71. The van der Waals surface area contributed by atoms with Crippen molar-refractivity contribution in [2.75, 3.05) is 6.16 Å². The molecule has 0 aliphatic heterocycles. The van der Waals surface area contributed by atoms with Gasteiger partial charge in [0.25, 0.3) is 0 Å². The molecule has 0 saturated carbocycles. The number of aliphatic hydroxyl groups excluding tert-OH is 1. The number of hydrogen-bond acceptors (Lipinski definition) is 1. The number of rotatable bonds is 6. The lowest BCUT2D eigenvalue weighted by molar-refractivity contribution is -0.203. The van der Waals surface area contributed by atoms with Crippen LogP contribution in [0.15, 0.2) is 91.0 Å². The summed E-state index contributed by atoms with van der Waals surface area (Å²) in [5.74, 6) is 0. The molecule has 3 aromatic carbocycles. The Labute approximate surface area is 174 Å². The lowest BCUT2D eigenvalue weighted by atomic mass is 10.3. The van der Waals surface area contributed by atoms with Crippen LogP contribution in [-0.4, -0.2) is 23.5 Å². The molecule has 0 spiro atoms. The summed E-state index contributed by atoms with van der Waals surface area (Å²) in [6.07, 6.45) is -7.03. The molecule has 1 atom stereocenters. The molecule has 0 bridgehead atoms. The van der Waals surface area contributed by atoms with Crippen LogP contribution < -0.4 is 32.9 Å². The number of halogens is 4. The minimum Gasteiger partial charge on any atom is -1.00 e. The molecule has 0 amide bonds. The predicted octanol–water partition coefficient (Wildman–Crippen LogP) is 1.30. The second kappa shape index (κ2) is 9.69. The van der Waals surface area contributed by atoms with Crippen LogP contribution in [0.25, 0.3) is 0 Å². The first kappa shape index (κ1) is 22.6. The Morgan fingerprint density at radius 2 is 1.00 bits per heavy atom. The van der Waals surface area contributed by atoms with Crippen molar-refractivity contribution in [2.24, 2.45) is 0 Å². The highest BCUT2D eigenvalue weighted by atomic mass is 79.9. The van der Waals surface area contributed by atoms with Gasteiger partial charge in [-0.1, -0.05) is 54.6 Å². The van der Waals surface area contributed by atoms with E-state index >= 15 is 0 Å². The number of benzene rings is 3. The minimum absolute atomic E-state index is 0. The van der Waals surface area contributed by atoms with Crippen molar-refractivity contribution in [3.8, 4) is 0 Å². The van der Waals surface area contributed by atoms with E-state index in [1.54, 1.807) is 0 Å². The van der Waals surface area contributed by atoms with Crippen molar-refractivity contribution >= 4 is 23.2 Å². The Balaban J connectivity index is 0.00000280. The van der Waals surface area contributed by atoms with Gasteiger partial charge in [-0.25, -0.2) is 0 Å².